The van der Waals surface area contributed by atoms with Gasteiger partial charge in [0.1, 0.15) is 73.6 Å². The van der Waals surface area contributed by atoms with Gasteiger partial charge in [-0.15, -0.1) is 0 Å². The summed E-state index contributed by atoms with van der Waals surface area (Å²) in [6, 6.07) is 14.3. The Morgan fingerprint density at radius 1 is 0.490 bits per heavy atom. The summed E-state index contributed by atoms with van der Waals surface area (Å²) in [6.07, 6.45) is -17.7. The first-order valence-corrected chi connectivity index (χ1v) is 31.7. The SMILES string of the molecule is CN(CC(=O)NCCOCCOCCOCCC(=O)N(C[C@H](O)[C@@H](O)[C@H](O)[C@H](O)CO)C[C@H](O)[C@@H](O)[C@H](O)[C@H](O)CO)C(=O)CN(C)C(=O)CN(C)C(=O)C(CCCNC(=O)OC(C)(C)C)NC(=O)CN(C)C(=O)CN(C)C(=O)CNC(=O)OCC1c2ccccc2-c2ccccc21. The Balaban J connectivity index is 1.39. The number of benzene rings is 2. The van der Waals surface area contributed by atoms with Gasteiger partial charge in [0.2, 0.25) is 47.3 Å². The molecule has 1 unspecified atom stereocenters. The molecule has 0 fully saturated rings. The Morgan fingerprint density at radius 3 is 1.43 bits per heavy atom. The van der Waals surface area contributed by atoms with Gasteiger partial charge < -0.3 is 125 Å². The molecule has 10 amide bonds. The van der Waals surface area contributed by atoms with Gasteiger partial charge in [-0.1, -0.05) is 48.5 Å². The van der Waals surface area contributed by atoms with Crippen LogP contribution in [0.5, 0.6) is 0 Å². The van der Waals surface area contributed by atoms with Gasteiger partial charge in [0.15, 0.2) is 0 Å². The largest absolute Gasteiger partial charge is 0.449 e. The molecule has 0 aromatic heterocycles. The molecule has 35 nitrogen and oxygen atoms in total. The molecule has 552 valence electrons. The lowest BCUT2D eigenvalue weighted by molar-refractivity contribution is -0.149. The second-order valence-corrected chi connectivity index (χ2v) is 24.4. The predicted molar refractivity (Wildman–Crippen MR) is 346 cm³/mol. The van der Waals surface area contributed by atoms with Gasteiger partial charge >= 0.3 is 12.2 Å². The van der Waals surface area contributed by atoms with E-state index < -0.39 is 185 Å². The molecule has 0 heterocycles. The van der Waals surface area contributed by atoms with Crippen LogP contribution in [-0.4, -0.2) is 361 Å². The van der Waals surface area contributed by atoms with E-state index in [9.17, 15) is 88.8 Å². The van der Waals surface area contributed by atoms with Gasteiger partial charge in [-0.2, -0.15) is 0 Å². The average molecular weight is 1400 g/mol. The van der Waals surface area contributed by atoms with E-state index in [4.69, 9.17) is 33.9 Å². The molecule has 0 saturated carbocycles. The molecule has 2 aromatic rings. The minimum Gasteiger partial charge on any atom is -0.449 e. The summed E-state index contributed by atoms with van der Waals surface area (Å²) >= 11 is 0. The van der Waals surface area contributed by atoms with Crippen molar-refractivity contribution in [1.82, 2.24) is 50.7 Å². The van der Waals surface area contributed by atoms with Gasteiger partial charge in [-0.05, 0) is 55.9 Å². The van der Waals surface area contributed by atoms with Crippen LogP contribution in [0.25, 0.3) is 11.1 Å². The normalized spacial score (nSPS) is 14.6. The minimum atomic E-state index is -2.09. The summed E-state index contributed by atoms with van der Waals surface area (Å²) in [4.78, 5) is 137. The van der Waals surface area contributed by atoms with E-state index in [0.29, 0.717) is 0 Å². The quantitative estimate of drug-likeness (QED) is 0.0275. The summed E-state index contributed by atoms with van der Waals surface area (Å²) in [5.41, 5.74) is 3.31. The smallest absolute Gasteiger partial charge is 0.407 e. The molecular formula is C63H100N10O25. The number of fused-ring (bicyclic) bond motifs is 3. The monoisotopic (exact) mass is 1400 g/mol. The van der Waals surface area contributed by atoms with Crippen LogP contribution in [0.3, 0.4) is 0 Å². The minimum absolute atomic E-state index is 0.0202. The van der Waals surface area contributed by atoms with Crippen LogP contribution >= 0.6 is 0 Å². The fourth-order valence-corrected chi connectivity index (χ4v) is 9.59. The predicted octanol–water partition coefficient (Wildman–Crippen LogP) is -6.14. The maximum Gasteiger partial charge on any atom is 0.407 e. The zero-order valence-corrected chi connectivity index (χ0v) is 56.7. The highest BCUT2D eigenvalue weighted by Gasteiger charge is 2.37. The third kappa shape index (κ3) is 29.3. The second-order valence-electron chi connectivity index (χ2n) is 24.4. The summed E-state index contributed by atoms with van der Waals surface area (Å²) in [5.74, 6) is -5.69. The molecular weight excluding hydrogens is 1300 g/mol. The number of carbonyl (C=O) groups is 10. The number of hydrogen-bond donors (Lipinski definition) is 14. The van der Waals surface area contributed by atoms with E-state index >= 15 is 0 Å². The van der Waals surface area contributed by atoms with Gasteiger partial charge in [-0.25, -0.2) is 9.59 Å². The van der Waals surface area contributed by atoms with Gasteiger partial charge in [-0.3, -0.25) is 38.4 Å². The zero-order valence-electron chi connectivity index (χ0n) is 56.7. The number of nitrogens with zero attached hydrogens (tertiary/aromatic N) is 6. The number of amides is 10. The van der Waals surface area contributed by atoms with Gasteiger partial charge in [0.05, 0.1) is 92.0 Å². The molecule has 14 N–H and O–H groups in total. The van der Waals surface area contributed by atoms with Crippen molar-refractivity contribution in [3.05, 3.63) is 59.7 Å². The molecule has 2 aromatic carbocycles. The Bertz CT molecular complexity index is 2810. The van der Waals surface area contributed by atoms with Crippen LogP contribution in [-0.2, 0) is 62.0 Å². The first-order valence-electron chi connectivity index (χ1n) is 31.7. The first-order chi connectivity index (χ1) is 46.2. The van der Waals surface area contributed by atoms with Crippen LogP contribution in [0.15, 0.2) is 48.5 Å². The number of nitrogens with one attached hydrogen (secondary N) is 4. The van der Waals surface area contributed by atoms with Crippen molar-refractivity contribution in [3.63, 3.8) is 0 Å². The van der Waals surface area contributed by atoms with E-state index in [1.165, 1.54) is 35.2 Å². The molecule has 9 atom stereocenters. The highest BCUT2D eigenvalue weighted by molar-refractivity contribution is 5.94. The number of rotatable bonds is 44. The van der Waals surface area contributed by atoms with Gasteiger partial charge in [0, 0.05) is 67.3 Å². The summed E-state index contributed by atoms with van der Waals surface area (Å²) in [5, 5.41) is 109. The van der Waals surface area contributed by atoms with Crippen molar-refractivity contribution in [2.45, 2.75) is 106 Å². The topological polar surface area (TPSA) is 487 Å². The summed E-state index contributed by atoms with van der Waals surface area (Å²) < 4.78 is 27.1. The zero-order chi connectivity index (χ0) is 73.4. The number of aliphatic hydroxyl groups excluding tert-OH is 10. The third-order valence-electron chi connectivity index (χ3n) is 15.2. The number of ether oxygens (including phenoxy) is 5. The molecule has 0 aliphatic heterocycles. The highest BCUT2D eigenvalue weighted by Crippen LogP contribution is 2.44. The lowest BCUT2D eigenvalue weighted by Crippen LogP contribution is -2.54. The van der Waals surface area contributed by atoms with Crippen molar-refractivity contribution >= 4 is 59.4 Å². The van der Waals surface area contributed by atoms with Crippen molar-refractivity contribution in [1.29, 1.82) is 0 Å². The van der Waals surface area contributed by atoms with Crippen LogP contribution in [0.2, 0.25) is 0 Å². The van der Waals surface area contributed by atoms with Crippen LogP contribution < -0.4 is 21.3 Å². The standard InChI is InChI=1S/C63H100N10O25/c1-63(2,3)98-62(93)65-20-13-18-44(67-50(81)32-69(5)53(84)33-70(6)52(83)28-66-61(92)97-38-43-41-16-11-9-14-39(41)40-15-10-12-17-42(40)43)60(91)72(8)35-55(86)71(7)34-54(85)68(4)31-49(80)64-21-23-95-25-27-96-26-24-94-22-19-51(82)73(29-45(76)56(87)58(89)47(78)36-74)30-46(77)57(88)59(90)48(79)37-75/h9-12,14-17,43-48,56-59,74-79,87-90H,13,18-38H2,1-8H3,(H,64,80)(H,65,93)(H,66,92)(H,67,81)/t44?,45-,46-,47+,48+,56+,57+,58+,59+/m0/s1. The maximum absolute atomic E-state index is 13.9. The van der Waals surface area contributed by atoms with Gasteiger partial charge in [0.25, 0.3) is 0 Å². The molecule has 35 heteroatoms. The first kappa shape index (κ1) is 84.4. The summed E-state index contributed by atoms with van der Waals surface area (Å²) in [6.45, 7) is -1.38. The Kier molecular flexibility index (Phi) is 37.0. The molecule has 0 spiro atoms. The molecule has 98 heavy (non-hydrogen) atoms. The third-order valence-corrected chi connectivity index (χ3v) is 15.2. The number of hydrogen-bond acceptors (Lipinski definition) is 25. The summed E-state index contributed by atoms with van der Waals surface area (Å²) in [7, 11) is 6.59. The van der Waals surface area contributed by atoms with Crippen LogP contribution in [0.4, 0.5) is 9.59 Å². The van der Waals surface area contributed by atoms with Crippen LogP contribution in [0, 0.1) is 0 Å². The average Bonchev–Trinajstić information content (AvgIpc) is 1.62. The number of aliphatic hydroxyl groups is 10. The molecule has 0 bridgehead atoms. The van der Waals surface area contributed by atoms with Crippen molar-refractivity contribution in [2.24, 2.45) is 0 Å². The second kappa shape index (κ2) is 42.9. The molecule has 1 aliphatic rings. The molecule has 3 rings (SSSR count). The Labute approximate surface area is 568 Å². The lowest BCUT2D eigenvalue weighted by Gasteiger charge is -2.33. The lowest BCUT2D eigenvalue weighted by atomic mass is 9.98. The number of carbonyl (C=O) groups excluding carboxylic acids is 10. The van der Waals surface area contributed by atoms with Crippen molar-refractivity contribution in [2.75, 3.05) is 160 Å². The number of likely N-dealkylation sites (N-methyl/N-ethyl adjacent to an activating group) is 5. The van der Waals surface area contributed by atoms with E-state index in [-0.39, 0.29) is 84.5 Å². The molecule has 0 radical (unpaired) electrons. The molecule has 0 saturated heterocycles. The fraction of sp³-hybridized carbons (Fsp3) is 0.651. The maximum atomic E-state index is 13.9. The van der Waals surface area contributed by atoms with E-state index in [0.717, 1.165) is 51.7 Å². The highest BCUT2D eigenvalue weighted by atomic mass is 16.6. The fourth-order valence-electron chi connectivity index (χ4n) is 9.59. The van der Waals surface area contributed by atoms with Crippen LogP contribution in [0.1, 0.15) is 57.1 Å². The molecule has 1 aliphatic carbocycles. The van der Waals surface area contributed by atoms with E-state index in [1.54, 1.807) is 20.8 Å². The Hall–Kier alpha value is -7.78. The number of alkyl carbamates (subject to hydrolysis) is 2. The van der Waals surface area contributed by atoms with E-state index in [1.807, 2.05) is 48.5 Å². The van der Waals surface area contributed by atoms with Crippen molar-refractivity contribution < 1.29 is 123 Å². The van der Waals surface area contributed by atoms with E-state index in [2.05, 4.69) is 21.3 Å². The van der Waals surface area contributed by atoms with Crippen molar-refractivity contribution in [3.8, 4) is 11.1 Å². The Morgan fingerprint density at radius 2 is 0.929 bits per heavy atom.